The summed E-state index contributed by atoms with van der Waals surface area (Å²) in [6, 6.07) is 19.6. The molecule has 3 aromatic rings. The minimum atomic E-state index is -4.22. The average Bonchev–Trinajstić information content (AvgIpc) is 3.44. The van der Waals surface area contributed by atoms with Crippen molar-refractivity contribution in [2.24, 2.45) is 0 Å². The highest BCUT2D eigenvalue weighted by Crippen LogP contribution is 2.37. The number of anilines is 2. The van der Waals surface area contributed by atoms with Crippen LogP contribution < -0.4 is 20.3 Å². The average molecular weight is 637 g/mol. The van der Waals surface area contributed by atoms with Gasteiger partial charge in [0.1, 0.15) is 18.7 Å². The summed E-state index contributed by atoms with van der Waals surface area (Å²) >= 11 is 0. The van der Waals surface area contributed by atoms with Crippen LogP contribution in [-0.2, 0) is 46.9 Å². The maximum atomic E-state index is 13.9. The van der Waals surface area contributed by atoms with Crippen molar-refractivity contribution in [3.05, 3.63) is 90.0 Å². The number of para-hydroxylation sites is 1. The molecule has 2 unspecified atom stereocenters. The van der Waals surface area contributed by atoms with Crippen LogP contribution in [0.5, 0.6) is 0 Å². The Balaban J connectivity index is 1.39. The van der Waals surface area contributed by atoms with Crippen molar-refractivity contribution in [2.75, 3.05) is 23.3 Å². The first-order chi connectivity index (χ1) is 21.6. The fraction of sp³-hybridized carbons (Fsp3) is 0.312. The fourth-order valence-electron chi connectivity index (χ4n) is 4.98. The molecular formula is C32H36N4O8S. The highest BCUT2D eigenvalue weighted by atomic mass is 32.2. The zero-order valence-electron chi connectivity index (χ0n) is 25.0. The summed E-state index contributed by atoms with van der Waals surface area (Å²) in [6.45, 7) is 1.78. The molecule has 3 aromatic carbocycles. The van der Waals surface area contributed by atoms with Crippen LogP contribution >= 0.6 is 0 Å². The second-order valence-corrected chi connectivity index (χ2v) is 12.2. The Bertz CT molecular complexity index is 1610. The van der Waals surface area contributed by atoms with Crippen molar-refractivity contribution < 1.29 is 37.1 Å². The van der Waals surface area contributed by atoms with Gasteiger partial charge in [0, 0.05) is 25.6 Å². The Labute approximate surface area is 262 Å². The molecule has 0 saturated heterocycles. The molecule has 1 aliphatic rings. The molecule has 0 aliphatic carbocycles. The van der Waals surface area contributed by atoms with Crippen molar-refractivity contribution in [3.63, 3.8) is 0 Å². The third-order valence-corrected chi connectivity index (χ3v) is 9.00. The minimum Gasteiger partial charge on any atom is -0.467 e. The van der Waals surface area contributed by atoms with Crippen LogP contribution in [0, 0.1) is 0 Å². The first kappa shape index (κ1) is 33.0. The van der Waals surface area contributed by atoms with E-state index in [1.807, 2.05) is 30.3 Å². The van der Waals surface area contributed by atoms with Gasteiger partial charge in [-0.2, -0.15) is 0 Å². The summed E-state index contributed by atoms with van der Waals surface area (Å²) in [6.07, 6.45) is 0.688. The van der Waals surface area contributed by atoms with Crippen LogP contribution in [-0.4, -0.2) is 58.0 Å². The smallest absolute Gasteiger partial charge is 0.407 e. The van der Waals surface area contributed by atoms with Crippen molar-refractivity contribution in [1.82, 2.24) is 10.6 Å². The number of nitrogens with one attached hydrogen (secondary N) is 3. The molecule has 1 aliphatic heterocycles. The van der Waals surface area contributed by atoms with Crippen molar-refractivity contribution in [1.29, 1.82) is 0 Å². The molecule has 4 rings (SSSR count). The van der Waals surface area contributed by atoms with E-state index >= 15 is 0 Å². The Kier molecular flexibility index (Phi) is 11.1. The van der Waals surface area contributed by atoms with Gasteiger partial charge >= 0.3 is 12.1 Å². The highest BCUT2D eigenvalue weighted by Gasteiger charge is 2.43. The van der Waals surface area contributed by atoms with Gasteiger partial charge in [-0.05, 0) is 60.7 Å². The summed E-state index contributed by atoms with van der Waals surface area (Å²) in [4.78, 5) is 49.5. The number of unbranched alkanes of at least 4 members (excludes halogenated alkanes) is 1. The standard InChI is InChI=1S/C32H36N4O8S/c1-22(37)34-25-15-17-26(18-16-25)45(41,42)36-28-14-7-6-12-24(28)20-29(36)30(38)35-27(31(39)43-2)13-8-9-19-33-32(40)44-21-23-10-4-3-5-11-23/h3-7,10-12,14-18,27,29H,8-9,13,19-21H2,1-2H3,(H,33,40)(H,34,37)(H,35,38). The maximum Gasteiger partial charge on any atom is 0.407 e. The van der Waals surface area contributed by atoms with Crippen LogP contribution in [0.2, 0.25) is 0 Å². The van der Waals surface area contributed by atoms with E-state index in [1.165, 1.54) is 38.3 Å². The monoisotopic (exact) mass is 636 g/mol. The van der Waals surface area contributed by atoms with Crippen LogP contribution in [0.1, 0.15) is 37.3 Å². The molecule has 0 fully saturated rings. The highest BCUT2D eigenvalue weighted by molar-refractivity contribution is 7.93. The number of nitrogens with zero attached hydrogens (tertiary/aromatic N) is 1. The number of fused-ring (bicyclic) bond motifs is 1. The molecule has 0 aromatic heterocycles. The summed E-state index contributed by atoms with van der Waals surface area (Å²) in [7, 11) is -3.01. The largest absolute Gasteiger partial charge is 0.467 e. The number of rotatable bonds is 13. The zero-order chi connectivity index (χ0) is 32.4. The third-order valence-electron chi connectivity index (χ3n) is 7.16. The molecule has 2 atom stereocenters. The van der Waals surface area contributed by atoms with E-state index in [4.69, 9.17) is 9.47 Å². The Morgan fingerprint density at radius 1 is 0.933 bits per heavy atom. The molecule has 0 bridgehead atoms. The first-order valence-electron chi connectivity index (χ1n) is 14.4. The molecule has 3 amide bonds. The number of alkyl carbamates (subject to hydrolysis) is 1. The lowest BCUT2D eigenvalue weighted by atomic mass is 10.1. The van der Waals surface area contributed by atoms with Crippen molar-refractivity contribution in [3.8, 4) is 0 Å². The SMILES string of the molecule is COC(=O)C(CCCCNC(=O)OCc1ccccc1)NC(=O)C1Cc2ccccc2N1S(=O)(=O)c1ccc(NC(C)=O)cc1. The lowest BCUT2D eigenvalue weighted by Crippen LogP contribution is -2.52. The molecule has 238 valence electrons. The second-order valence-electron chi connectivity index (χ2n) is 10.4. The van der Waals surface area contributed by atoms with Crippen LogP contribution in [0.3, 0.4) is 0 Å². The Hall–Kier alpha value is -4.91. The lowest BCUT2D eigenvalue weighted by Gasteiger charge is -2.27. The number of ether oxygens (including phenoxy) is 2. The number of amides is 3. The predicted octanol–water partition coefficient (Wildman–Crippen LogP) is 3.52. The number of hydrogen-bond donors (Lipinski definition) is 3. The van der Waals surface area contributed by atoms with E-state index in [2.05, 4.69) is 16.0 Å². The van der Waals surface area contributed by atoms with E-state index in [-0.39, 0.29) is 30.3 Å². The van der Waals surface area contributed by atoms with E-state index in [0.717, 1.165) is 9.87 Å². The number of hydrogen-bond acceptors (Lipinski definition) is 8. The van der Waals surface area contributed by atoms with Gasteiger partial charge in [0.15, 0.2) is 0 Å². The maximum absolute atomic E-state index is 13.9. The van der Waals surface area contributed by atoms with Gasteiger partial charge in [-0.25, -0.2) is 18.0 Å². The molecule has 1 heterocycles. The van der Waals surface area contributed by atoms with Gasteiger partial charge in [0.2, 0.25) is 11.8 Å². The molecule has 3 N–H and O–H groups in total. The third kappa shape index (κ3) is 8.60. The molecule has 0 saturated carbocycles. The molecular weight excluding hydrogens is 600 g/mol. The molecule has 0 radical (unpaired) electrons. The van der Waals surface area contributed by atoms with Gasteiger partial charge in [0.05, 0.1) is 17.7 Å². The van der Waals surface area contributed by atoms with E-state index < -0.39 is 40.1 Å². The Morgan fingerprint density at radius 3 is 2.31 bits per heavy atom. The Morgan fingerprint density at radius 2 is 1.62 bits per heavy atom. The topological polar surface area (TPSA) is 160 Å². The van der Waals surface area contributed by atoms with Crippen molar-refractivity contribution in [2.45, 2.75) is 56.2 Å². The van der Waals surface area contributed by atoms with Gasteiger partial charge in [0.25, 0.3) is 10.0 Å². The van der Waals surface area contributed by atoms with Crippen molar-refractivity contribution >= 4 is 45.3 Å². The second kappa shape index (κ2) is 15.2. The van der Waals surface area contributed by atoms with E-state index in [9.17, 15) is 27.6 Å². The molecule has 12 nitrogen and oxygen atoms in total. The van der Waals surface area contributed by atoms with Gasteiger partial charge in [-0.1, -0.05) is 48.5 Å². The molecule has 45 heavy (non-hydrogen) atoms. The van der Waals surface area contributed by atoms with E-state index in [0.29, 0.717) is 36.3 Å². The number of sulfonamides is 1. The molecule has 13 heteroatoms. The van der Waals surface area contributed by atoms with Crippen LogP contribution in [0.25, 0.3) is 0 Å². The first-order valence-corrected chi connectivity index (χ1v) is 15.9. The normalized spacial score (nSPS) is 14.5. The van der Waals surface area contributed by atoms with Crippen LogP contribution in [0.15, 0.2) is 83.8 Å². The van der Waals surface area contributed by atoms with Gasteiger partial charge in [-0.3, -0.25) is 13.9 Å². The quantitative estimate of drug-likeness (QED) is 0.190. The summed E-state index contributed by atoms with van der Waals surface area (Å²) < 4.78 is 38.9. The van der Waals surface area contributed by atoms with Crippen LogP contribution in [0.4, 0.5) is 16.2 Å². The number of carbonyl (C=O) groups is 4. The number of methoxy groups -OCH3 is 1. The summed E-state index contributed by atoms with van der Waals surface area (Å²) in [5.41, 5.74) is 2.32. The number of esters is 1. The number of benzene rings is 3. The molecule has 0 spiro atoms. The number of carbonyl (C=O) groups excluding carboxylic acids is 4. The predicted molar refractivity (Wildman–Crippen MR) is 167 cm³/mol. The zero-order valence-corrected chi connectivity index (χ0v) is 25.8. The minimum absolute atomic E-state index is 0.0644. The summed E-state index contributed by atoms with van der Waals surface area (Å²) in [5, 5.41) is 7.94. The van der Waals surface area contributed by atoms with Gasteiger partial charge < -0.3 is 25.4 Å². The van der Waals surface area contributed by atoms with Gasteiger partial charge in [-0.15, -0.1) is 0 Å². The van der Waals surface area contributed by atoms with E-state index in [1.54, 1.807) is 24.3 Å². The lowest BCUT2D eigenvalue weighted by molar-refractivity contribution is -0.145. The summed E-state index contributed by atoms with van der Waals surface area (Å²) in [5.74, 6) is -1.62. The fourth-order valence-corrected chi connectivity index (χ4v) is 6.63.